The van der Waals surface area contributed by atoms with E-state index in [9.17, 15) is 0 Å². The van der Waals surface area contributed by atoms with Crippen LogP contribution in [0.5, 0.6) is 0 Å². The van der Waals surface area contributed by atoms with Crippen LogP contribution in [0.2, 0.25) is 0 Å². The zero-order valence-electron chi connectivity index (χ0n) is 9.96. The van der Waals surface area contributed by atoms with E-state index in [0.29, 0.717) is 5.92 Å². The van der Waals surface area contributed by atoms with Crippen molar-refractivity contribution in [1.29, 1.82) is 0 Å². The van der Waals surface area contributed by atoms with E-state index < -0.39 is 0 Å². The van der Waals surface area contributed by atoms with Crippen molar-refractivity contribution < 1.29 is 32.7 Å². The van der Waals surface area contributed by atoms with Crippen molar-refractivity contribution in [2.45, 2.75) is 40.5 Å². The van der Waals surface area contributed by atoms with Gasteiger partial charge in [-0.05, 0) is 0 Å². The summed E-state index contributed by atoms with van der Waals surface area (Å²) in [5.41, 5.74) is 2.67. The smallest absolute Gasteiger partial charge is 0 e. The molecular weight excluding hydrogens is 245 g/mol. The Kier molecular flexibility index (Phi) is 11.8. The van der Waals surface area contributed by atoms with Gasteiger partial charge in [-0.1, -0.05) is 26.7 Å². The van der Waals surface area contributed by atoms with E-state index in [1.807, 2.05) is 26.3 Å². The first kappa shape index (κ1) is 16.7. The van der Waals surface area contributed by atoms with Crippen LogP contribution in [0.3, 0.4) is 0 Å². The minimum absolute atomic E-state index is 0. The summed E-state index contributed by atoms with van der Waals surface area (Å²) in [5.74, 6) is 0.621. The molecule has 1 rings (SSSR count). The van der Waals surface area contributed by atoms with Crippen LogP contribution < -0.4 is 0 Å². The molecule has 0 saturated heterocycles. The van der Waals surface area contributed by atoms with Gasteiger partial charge in [0.05, 0.1) is 0 Å². The fourth-order valence-electron chi connectivity index (χ4n) is 0.949. The number of hydrogen-bond donors (Lipinski definition) is 0. The van der Waals surface area contributed by atoms with Crippen molar-refractivity contribution in [2.24, 2.45) is 0 Å². The average Bonchev–Trinajstić information content (AvgIpc) is 2.05. The van der Waals surface area contributed by atoms with Gasteiger partial charge in [-0.25, -0.2) is 0 Å². The van der Waals surface area contributed by atoms with Crippen LogP contribution in [0.1, 0.15) is 44.7 Å². The van der Waals surface area contributed by atoms with Crippen LogP contribution >= 0.6 is 0 Å². The summed E-state index contributed by atoms with van der Waals surface area (Å²) < 4.78 is 0. The number of rotatable bonds is 1. The van der Waals surface area contributed by atoms with Crippen LogP contribution in [0, 0.1) is 19.4 Å². The monoisotopic (exact) mass is 265 g/mol. The van der Waals surface area contributed by atoms with Crippen molar-refractivity contribution in [3.05, 3.63) is 41.8 Å². The maximum atomic E-state index is 3.11. The van der Waals surface area contributed by atoms with Gasteiger partial charge in [0.15, 0.2) is 0 Å². The van der Waals surface area contributed by atoms with Crippen molar-refractivity contribution in [1.82, 2.24) is 0 Å². The fraction of sp³-hybridized carbons (Fsp3) is 0.462. The van der Waals surface area contributed by atoms with Crippen molar-refractivity contribution in [2.75, 3.05) is 0 Å². The fourth-order valence-corrected chi connectivity index (χ4v) is 0.949. The molecule has 0 amide bonds. The Bertz CT molecular complexity index is 228. The zero-order valence-corrected chi connectivity index (χ0v) is 12.8. The predicted molar refractivity (Wildman–Crippen MR) is 59.8 cm³/mol. The largest absolute Gasteiger partial charge is 0.335 e. The number of benzene rings is 1. The van der Waals surface area contributed by atoms with Crippen LogP contribution in [0.25, 0.3) is 0 Å². The summed E-state index contributed by atoms with van der Waals surface area (Å²) in [7, 11) is 0. The number of hydrogen-bond acceptors (Lipinski definition) is 0. The molecule has 0 fully saturated rings. The summed E-state index contributed by atoms with van der Waals surface area (Å²) in [6.07, 6.45) is 2.00. The third kappa shape index (κ3) is 7.70. The van der Waals surface area contributed by atoms with Crippen LogP contribution in [-0.4, -0.2) is 0 Å². The topological polar surface area (TPSA) is 0 Å². The molecule has 77 valence electrons. The number of aryl methyl sites for hydroxylation is 1. The standard InChI is InChI=1S/C10H13.C3H7.Y/c1-8(2)10-6-4-5-9(3)7-10;1-3-2;/h5-8H,1-3H3;3H,1-2H3;/q2*-1;. The molecule has 0 saturated carbocycles. The van der Waals surface area contributed by atoms with Crippen molar-refractivity contribution >= 4 is 0 Å². The summed E-state index contributed by atoms with van der Waals surface area (Å²) in [4.78, 5) is 0. The van der Waals surface area contributed by atoms with Gasteiger partial charge < -0.3 is 6.42 Å². The average molecular weight is 265 g/mol. The molecule has 0 aliphatic carbocycles. The maximum Gasteiger partial charge on any atom is 0 e. The molecule has 0 N–H and O–H groups in total. The van der Waals surface area contributed by atoms with E-state index in [4.69, 9.17) is 0 Å². The van der Waals surface area contributed by atoms with Crippen LogP contribution in [0.15, 0.2) is 18.2 Å². The summed E-state index contributed by atoms with van der Waals surface area (Å²) >= 11 is 0. The SMILES string of the molecule is C[CH-]C.Cc1c[c-]cc(C(C)C)c1.[Y]. The second-order valence-corrected chi connectivity index (χ2v) is 3.58. The first-order chi connectivity index (χ1) is 6.11. The van der Waals surface area contributed by atoms with Gasteiger partial charge in [0.1, 0.15) is 0 Å². The third-order valence-electron chi connectivity index (χ3n) is 1.62. The quantitative estimate of drug-likeness (QED) is 0.669. The van der Waals surface area contributed by atoms with Gasteiger partial charge >= 0.3 is 0 Å². The zero-order chi connectivity index (χ0) is 10.3. The van der Waals surface area contributed by atoms with Gasteiger partial charge in [0.2, 0.25) is 0 Å². The molecule has 14 heavy (non-hydrogen) atoms. The Morgan fingerprint density at radius 1 is 1.21 bits per heavy atom. The predicted octanol–water partition coefficient (Wildman–Crippen LogP) is 4.15. The molecule has 1 heteroatoms. The van der Waals surface area contributed by atoms with E-state index in [-0.39, 0.29) is 32.7 Å². The second kappa shape index (κ2) is 9.86. The summed E-state index contributed by atoms with van der Waals surface area (Å²) in [6, 6.07) is 9.38. The molecule has 1 aromatic carbocycles. The maximum absolute atomic E-state index is 3.11. The summed E-state index contributed by atoms with van der Waals surface area (Å²) in [5, 5.41) is 0. The Morgan fingerprint density at radius 3 is 2.00 bits per heavy atom. The minimum atomic E-state index is 0. The van der Waals surface area contributed by atoms with E-state index >= 15 is 0 Å². The Morgan fingerprint density at radius 2 is 1.71 bits per heavy atom. The third-order valence-corrected chi connectivity index (χ3v) is 1.62. The molecule has 0 nitrogen and oxygen atoms in total. The van der Waals surface area contributed by atoms with Crippen LogP contribution in [0.4, 0.5) is 0 Å². The van der Waals surface area contributed by atoms with E-state index in [0.717, 1.165) is 0 Å². The van der Waals surface area contributed by atoms with Gasteiger partial charge in [0, 0.05) is 32.7 Å². The molecule has 0 aliphatic heterocycles. The first-order valence-corrected chi connectivity index (χ1v) is 4.83. The first-order valence-electron chi connectivity index (χ1n) is 4.83. The van der Waals surface area contributed by atoms with Gasteiger partial charge in [-0.15, -0.1) is 0 Å². The van der Waals surface area contributed by atoms with Gasteiger partial charge in [0.25, 0.3) is 0 Å². The molecule has 0 unspecified atom stereocenters. The normalized spacial score (nSPS) is 8.71. The van der Waals surface area contributed by atoms with Gasteiger partial charge in [-0.2, -0.15) is 49.2 Å². The molecule has 0 heterocycles. The summed E-state index contributed by atoms with van der Waals surface area (Å²) in [6.45, 7) is 10.5. The minimum Gasteiger partial charge on any atom is -0.335 e. The molecule has 0 atom stereocenters. The Balaban J connectivity index is 0. The van der Waals surface area contributed by atoms with Crippen molar-refractivity contribution in [3.63, 3.8) is 0 Å². The Labute approximate surface area is 114 Å². The molecule has 0 bridgehead atoms. The molecular formula is C13H20Y-2. The van der Waals surface area contributed by atoms with E-state index in [2.05, 4.69) is 39.0 Å². The molecule has 0 aliphatic rings. The van der Waals surface area contributed by atoms with E-state index in [1.54, 1.807) is 0 Å². The van der Waals surface area contributed by atoms with Gasteiger partial charge in [-0.3, -0.25) is 0 Å². The van der Waals surface area contributed by atoms with Crippen molar-refractivity contribution in [3.8, 4) is 0 Å². The van der Waals surface area contributed by atoms with Crippen LogP contribution in [-0.2, 0) is 32.7 Å². The molecule has 1 radical (unpaired) electrons. The molecule has 0 aromatic heterocycles. The molecule has 0 spiro atoms. The molecule has 1 aromatic rings. The van der Waals surface area contributed by atoms with E-state index in [1.165, 1.54) is 11.1 Å². The second-order valence-electron chi connectivity index (χ2n) is 3.58. The Hall–Kier alpha value is 0.324.